The summed E-state index contributed by atoms with van der Waals surface area (Å²) in [6, 6.07) is -0.233. The first-order chi connectivity index (χ1) is 8.72. The molecule has 1 aliphatic heterocycles. The van der Waals surface area contributed by atoms with Gasteiger partial charge in [-0.3, -0.25) is 10.1 Å². The Morgan fingerprint density at radius 2 is 2.11 bits per heavy atom. The van der Waals surface area contributed by atoms with E-state index in [0.717, 1.165) is 0 Å². The molecule has 1 heterocycles. The summed E-state index contributed by atoms with van der Waals surface area (Å²) < 4.78 is 17.8. The number of hydrogen-bond donors (Lipinski definition) is 2. The van der Waals surface area contributed by atoms with Crippen LogP contribution in [-0.4, -0.2) is 48.4 Å². The van der Waals surface area contributed by atoms with E-state index in [1.54, 1.807) is 20.8 Å². The summed E-state index contributed by atoms with van der Waals surface area (Å²) in [5, 5.41) is 2.36. The minimum Gasteiger partial charge on any atom is -0.453 e. The maximum absolute atomic E-state index is 13.4. The molecule has 2 amide bonds. The van der Waals surface area contributed by atoms with Gasteiger partial charge in [0.05, 0.1) is 13.7 Å². The number of halogens is 1. The van der Waals surface area contributed by atoms with Crippen molar-refractivity contribution in [3.05, 3.63) is 0 Å². The quantitative estimate of drug-likeness (QED) is 0.739. The van der Waals surface area contributed by atoms with Gasteiger partial charge >= 0.3 is 6.09 Å². The molecular weight excluding hydrogens is 253 g/mol. The van der Waals surface area contributed by atoms with Crippen LogP contribution in [0.3, 0.4) is 0 Å². The topological polar surface area (TPSA) is 84.7 Å². The van der Waals surface area contributed by atoms with E-state index >= 15 is 0 Å². The van der Waals surface area contributed by atoms with Crippen molar-refractivity contribution < 1.29 is 18.7 Å². The average molecular weight is 275 g/mol. The first kappa shape index (κ1) is 15.7. The van der Waals surface area contributed by atoms with E-state index in [-0.39, 0.29) is 24.9 Å². The van der Waals surface area contributed by atoms with E-state index in [2.05, 4.69) is 10.1 Å². The highest BCUT2D eigenvalue weighted by atomic mass is 19.1. The maximum atomic E-state index is 13.4. The molecule has 3 N–H and O–H groups in total. The van der Waals surface area contributed by atoms with Gasteiger partial charge in [0.1, 0.15) is 6.17 Å². The molecule has 3 atom stereocenters. The summed E-state index contributed by atoms with van der Waals surface area (Å²) in [5.41, 5.74) is 4.43. The van der Waals surface area contributed by atoms with Crippen LogP contribution in [0.2, 0.25) is 0 Å². The number of hydrogen-bond acceptors (Lipinski definition) is 4. The molecule has 7 heteroatoms. The summed E-state index contributed by atoms with van der Waals surface area (Å²) in [4.78, 5) is 25.2. The zero-order valence-corrected chi connectivity index (χ0v) is 11.8. The molecule has 0 bridgehead atoms. The van der Waals surface area contributed by atoms with E-state index in [1.807, 2.05) is 0 Å². The summed E-state index contributed by atoms with van der Waals surface area (Å²) in [6.07, 6.45) is -1.54. The van der Waals surface area contributed by atoms with Gasteiger partial charge in [-0.2, -0.15) is 0 Å². The van der Waals surface area contributed by atoms with E-state index < -0.39 is 23.8 Å². The highest BCUT2D eigenvalue weighted by Gasteiger charge is 2.46. The lowest BCUT2D eigenvalue weighted by Gasteiger charge is -2.37. The highest BCUT2D eigenvalue weighted by Crippen LogP contribution is 2.24. The third-order valence-electron chi connectivity index (χ3n) is 3.54. The van der Waals surface area contributed by atoms with Gasteiger partial charge in [-0.25, -0.2) is 9.18 Å². The summed E-state index contributed by atoms with van der Waals surface area (Å²) in [5.74, 6) is -0.842. The Labute approximate surface area is 112 Å². The lowest BCUT2D eigenvalue weighted by Crippen LogP contribution is -2.69. The Balaban J connectivity index is 2.92. The molecule has 0 spiro atoms. The van der Waals surface area contributed by atoms with Gasteiger partial charge in [-0.05, 0) is 12.8 Å². The lowest BCUT2D eigenvalue weighted by atomic mass is 9.95. The molecule has 110 valence electrons. The second-order valence-corrected chi connectivity index (χ2v) is 5.28. The largest absolute Gasteiger partial charge is 0.453 e. The molecule has 6 nitrogen and oxygen atoms in total. The molecule has 0 saturated carbocycles. The van der Waals surface area contributed by atoms with Gasteiger partial charge in [0.25, 0.3) is 5.91 Å². The van der Waals surface area contributed by atoms with E-state index in [4.69, 9.17) is 5.73 Å². The van der Waals surface area contributed by atoms with Crippen LogP contribution >= 0.6 is 0 Å². The average Bonchev–Trinajstić information content (AvgIpc) is 2.66. The van der Waals surface area contributed by atoms with Gasteiger partial charge in [-0.15, -0.1) is 0 Å². The van der Waals surface area contributed by atoms with Gasteiger partial charge in [-0.1, -0.05) is 13.8 Å². The number of alkyl carbamates (subject to hydrolysis) is 1. The molecular formula is C12H22FN3O3. The number of amides is 2. The van der Waals surface area contributed by atoms with Crippen LogP contribution in [0.1, 0.15) is 27.2 Å². The fourth-order valence-corrected chi connectivity index (χ4v) is 2.15. The van der Waals surface area contributed by atoms with Crippen LogP contribution in [0.25, 0.3) is 0 Å². The number of methoxy groups -OCH3 is 1. The third kappa shape index (κ3) is 3.15. The molecule has 0 aromatic carbocycles. The molecule has 1 rings (SSSR count). The molecule has 1 fully saturated rings. The minimum absolute atomic E-state index is 0.00845. The van der Waals surface area contributed by atoms with Crippen molar-refractivity contribution in [1.29, 1.82) is 0 Å². The smallest absolute Gasteiger partial charge is 0.408 e. The van der Waals surface area contributed by atoms with Gasteiger partial charge in [0.15, 0.2) is 5.66 Å². The number of nitrogens with two attached hydrogens (primary N) is 1. The fraction of sp³-hybridized carbons (Fsp3) is 0.833. The molecule has 0 aliphatic carbocycles. The van der Waals surface area contributed by atoms with Crippen molar-refractivity contribution in [2.75, 3.05) is 13.7 Å². The number of nitrogens with one attached hydrogen (secondary N) is 1. The molecule has 0 radical (unpaired) electrons. The molecule has 1 unspecified atom stereocenters. The number of nitrogens with zero attached hydrogens (tertiary/aromatic N) is 1. The number of carbonyl (C=O) groups is 2. The van der Waals surface area contributed by atoms with Crippen LogP contribution in [0.15, 0.2) is 0 Å². The van der Waals surface area contributed by atoms with Crippen LogP contribution in [-0.2, 0) is 9.53 Å². The van der Waals surface area contributed by atoms with Crippen molar-refractivity contribution in [3.8, 4) is 0 Å². The molecule has 1 saturated heterocycles. The number of alkyl halides is 1. The van der Waals surface area contributed by atoms with Crippen molar-refractivity contribution >= 4 is 12.0 Å². The molecule has 19 heavy (non-hydrogen) atoms. The van der Waals surface area contributed by atoms with Crippen molar-refractivity contribution in [3.63, 3.8) is 0 Å². The van der Waals surface area contributed by atoms with E-state index in [0.29, 0.717) is 0 Å². The van der Waals surface area contributed by atoms with Crippen LogP contribution < -0.4 is 11.1 Å². The monoisotopic (exact) mass is 275 g/mol. The number of ether oxygens (including phenoxy) is 1. The zero-order chi connectivity index (χ0) is 14.8. The second kappa shape index (κ2) is 5.73. The summed E-state index contributed by atoms with van der Waals surface area (Å²) >= 11 is 0. The Morgan fingerprint density at radius 1 is 1.53 bits per heavy atom. The first-order valence-electron chi connectivity index (χ1n) is 6.32. The first-order valence-corrected chi connectivity index (χ1v) is 6.32. The molecule has 0 aromatic rings. The van der Waals surface area contributed by atoms with Crippen molar-refractivity contribution in [2.24, 2.45) is 11.7 Å². The zero-order valence-electron chi connectivity index (χ0n) is 11.8. The van der Waals surface area contributed by atoms with Crippen LogP contribution in [0, 0.1) is 5.92 Å². The Kier molecular flexibility index (Phi) is 4.73. The standard InChI is InChI=1S/C12H22FN3O3/c1-7(2)12(14,15-11(18)19-4)10(17)16-6-9(13)5-8(16)3/h7-9H,5-6,14H2,1-4H3,(H,15,18)/t8?,9-,12+/m1/s1. The number of likely N-dealkylation sites (tertiary alicyclic amines) is 1. The predicted octanol–water partition coefficient (Wildman–Crippen LogP) is 0.612. The highest BCUT2D eigenvalue weighted by molar-refractivity contribution is 5.90. The normalized spacial score (nSPS) is 26.2. The lowest BCUT2D eigenvalue weighted by molar-refractivity contribution is -0.140. The van der Waals surface area contributed by atoms with Crippen LogP contribution in [0.4, 0.5) is 9.18 Å². The second-order valence-electron chi connectivity index (χ2n) is 5.28. The van der Waals surface area contributed by atoms with Crippen molar-refractivity contribution in [1.82, 2.24) is 10.2 Å². The van der Waals surface area contributed by atoms with Gasteiger partial charge in [0, 0.05) is 12.5 Å². The molecule has 1 aliphatic rings. The fourth-order valence-electron chi connectivity index (χ4n) is 2.15. The summed E-state index contributed by atoms with van der Waals surface area (Å²) in [6.45, 7) is 5.19. The van der Waals surface area contributed by atoms with E-state index in [1.165, 1.54) is 12.0 Å². The number of rotatable bonds is 3. The number of carbonyl (C=O) groups excluding carboxylic acids is 2. The van der Waals surface area contributed by atoms with Gasteiger partial charge in [0.2, 0.25) is 0 Å². The van der Waals surface area contributed by atoms with E-state index in [9.17, 15) is 14.0 Å². The Hall–Kier alpha value is -1.37. The van der Waals surface area contributed by atoms with Crippen molar-refractivity contribution in [2.45, 2.75) is 45.1 Å². The predicted molar refractivity (Wildman–Crippen MR) is 68.0 cm³/mol. The Bertz CT molecular complexity index is 364. The Morgan fingerprint density at radius 3 is 2.47 bits per heavy atom. The van der Waals surface area contributed by atoms with Crippen LogP contribution in [0.5, 0.6) is 0 Å². The van der Waals surface area contributed by atoms with Gasteiger partial charge < -0.3 is 15.4 Å². The summed E-state index contributed by atoms with van der Waals surface area (Å²) in [7, 11) is 1.19. The SMILES string of the molecule is COC(=O)N[C@](N)(C(=O)N1C[C@H](F)CC1C)C(C)C. The maximum Gasteiger partial charge on any atom is 0.408 e. The third-order valence-corrected chi connectivity index (χ3v) is 3.54. The molecule has 0 aromatic heterocycles. The minimum atomic E-state index is -1.59.